The normalized spacial score (nSPS) is 10.2. The van der Waals surface area contributed by atoms with Crippen LogP contribution in [0.2, 0.25) is 0 Å². The van der Waals surface area contributed by atoms with Crippen molar-refractivity contribution in [3.05, 3.63) is 47.0 Å². The fraction of sp³-hybridized carbons (Fsp3) is 0.316. The molecule has 0 aliphatic rings. The van der Waals surface area contributed by atoms with Gasteiger partial charge in [-0.15, -0.1) is 0 Å². The molecule has 5 nitrogen and oxygen atoms in total. The van der Waals surface area contributed by atoms with Crippen molar-refractivity contribution in [1.29, 1.82) is 0 Å². The fourth-order valence-corrected chi connectivity index (χ4v) is 2.67. The van der Waals surface area contributed by atoms with Crippen LogP contribution in [-0.4, -0.2) is 26.7 Å². The van der Waals surface area contributed by atoms with Crippen molar-refractivity contribution in [1.82, 2.24) is 0 Å². The number of hydrogen-bond donors (Lipinski definition) is 1. The average molecular weight is 329 g/mol. The van der Waals surface area contributed by atoms with Gasteiger partial charge in [0, 0.05) is 5.69 Å². The number of ether oxygens (including phenoxy) is 3. The van der Waals surface area contributed by atoms with Crippen molar-refractivity contribution in [2.75, 3.05) is 26.1 Å². The molecule has 0 fully saturated rings. The lowest BCUT2D eigenvalue weighted by Gasteiger charge is -2.15. The van der Waals surface area contributed by atoms with Gasteiger partial charge in [0.15, 0.2) is 18.1 Å². The Labute approximate surface area is 142 Å². The van der Waals surface area contributed by atoms with E-state index in [1.807, 2.05) is 32.9 Å². The first-order chi connectivity index (χ1) is 11.5. The zero-order chi connectivity index (χ0) is 17.7. The van der Waals surface area contributed by atoms with E-state index in [2.05, 4.69) is 5.32 Å². The highest BCUT2D eigenvalue weighted by atomic mass is 16.5. The minimum Gasteiger partial charge on any atom is -0.493 e. The largest absolute Gasteiger partial charge is 0.493 e. The number of para-hydroxylation sites is 1. The van der Waals surface area contributed by atoms with E-state index in [0.29, 0.717) is 17.2 Å². The lowest BCUT2D eigenvalue weighted by molar-refractivity contribution is -0.118. The van der Waals surface area contributed by atoms with Crippen LogP contribution in [0.25, 0.3) is 0 Å². The van der Waals surface area contributed by atoms with Gasteiger partial charge in [0.1, 0.15) is 0 Å². The van der Waals surface area contributed by atoms with Crippen molar-refractivity contribution in [2.45, 2.75) is 20.8 Å². The molecule has 1 amide bonds. The van der Waals surface area contributed by atoms with Gasteiger partial charge in [-0.3, -0.25) is 4.79 Å². The van der Waals surface area contributed by atoms with E-state index < -0.39 is 0 Å². The number of methoxy groups -OCH3 is 2. The summed E-state index contributed by atoms with van der Waals surface area (Å²) in [6.07, 6.45) is 0. The summed E-state index contributed by atoms with van der Waals surface area (Å²) >= 11 is 0. The van der Waals surface area contributed by atoms with E-state index in [9.17, 15) is 4.79 Å². The van der Waals surface area contributed by atoms with Crippen molar-refractivity contribution < 1.29 is 19.0 Å². The van der Waals surface area contributed by atoms with Crippen LogP contribution in [0.15, 0.2) is 30.3 Å². The van der Waals surface area contributed by atoms with Gasteiger partial charge in [0.05, 0.1) is 14.2 Å². The summed E-state index contributed by atoms with van der Waals surface area (Å²) in [6.45, 7) is 5.86. The zero-order valence-corrected chi connectivity index (χ0v) is 14.7. The predicted molar refractivity (Wildman–Crippen MR) is 94.3 cm³/mol. The number of rotatable bonds is 6. The Bertz CT molecular complexity index is 717. The molecule has 0 saturated heterocycles. The molecule has 2 aromatic rings. The predicted octanol–water partition coefficient (Wildman–Crippen LogP) is 3.65. The molecular weight excluding hydrogens is 306 g/mol. The Kier molecular flexibility index (Phi) is 5.68. The lowest BCUT2D eigenvalue weighted by atomic mass is 10.1. The van der Waals surface area contributed by atoms with Gasteiger partial charge in [-0.1, -0.05) is 23.8 Å². The highest BCUT2D eigenvalue weighted by molar-refractivity contribution is 5.93. The molecule has 0 unspecified atom stereocenters. The number of nitrogens with one attached hydrogen (secondary N) is 1. The lowest BCUT2D eigenvalue weighted by Crippen LogP contribution is -2.21. The molecule has 0 spiro atoms. The second-order valence-electron chi connectivity index (χ2n) is 5.60. The minimum absolute atomic E-state index is 0.115. The topological polar surface area (TPSA) is 56.8 Å². The Hall–Kier alpha value is -2.69. The maximum absolute atomic E-state index is 12.2. The summed E-state index contributed by atoms with van der Waals surface area (Å²) in [5.74, 6) is 1.26. The number of carbonyl (C=O) groups is 1. The third-order valence-electron chi connectivity index (χ3n) is 3.67. The maximum atomic E-state index is 12.2. The number of carbonyl (C=O) groups excluding carboxylic acids is 1. The van der Waals surface area contributed by atoms with Crippen LogP contribution in [-0.2, 0) is 4.79 Å². The SMILES string of the molecule is COc1cccc(OCC(=O)Nc2c(C)cc(C)cc2C)c1OC. The molecule has 0 atom stereocenters. The van der Waals surface area contributed by atoms with Gasteiger partial charge in [-0.2, -0.15) is 0 Å². The summed E-state index contributed by atoms with van der Waals surface area (Å²) in [7, 11) is 3.08. The average Bonchev–Trinajstić information content (AvgIpc) is 2.55. The van der Waals surface area contributed by atoms with Crippen molar-refractivity contribution >= 4 is 11.6 Å². The molecule has 5 heteroatoms. The Morgan fingerprint density at radius 2 is 1.62 bits per heavy atom. The van der Waals surface area contributed by atoms with E-state index in [4.69, 9.17) is 14.2 Å². The molecule has 2 aromatic carbocycles. The van der Waals surface area contributed by atoms with Crippen LogP contribution in [0.3, 0.4) is 0 Å². The van der Waals surface area contributed by atoms with Gasteiger partial charge in [0.2, 0.25) is 5.75 Å². The van der Waals surface area contributed by atoms with E-state index in [-0.39, 0.29) is 12.5 Å². The second-order valence-corrected chi connectivity index (χ2v) is 5.60. The highest BCUT2D eigenvalue weighted by Gasteiger charge is 2.13. The van der Waals surface area contributed by atoms with Crippen LogP contribution in [0.5, 0.6) is 17.2 Å². The molecule has 0 aromatic heterocycles. The van der Waals surface area contributed by atoms with Gasteiger partial charge in [-0.05, 0) is 44.0 Å². The van der Waals surface area contributed by atoms with Gasteiger partial charge in [-0.25, -0.2) is 0 Å². The molecular formula is C19H23NO4. The summed E-state index contributed by atoms with van der Waals surface area (Å²) in [4.78, 5) is 12.2. The van der Waals surface area contributed by atoms with Gasteiger partial charge in [0.25, 0.3) is 5.91 Å². The molecule has 128 valence electrons. The molecule has 0 aliphatic carbocycles. The third kappa shape index (κ3) is 3.98. The summed E-state index contributed by atoms with van der Waals surface area (Å²) < 4.78 is 16.1. The molecule has 0 aliphatic heterocycles. The number of anilines is 1. The molecule has 0 bridgehead atoms. The highest BCUT2D eigenvalue weighted by Crippen LogP contribution is 2.36. The first-order valence-corrected chi connectivity index (χ1v) is 7.67. The minimum atomic E-state index is -0.227. The molecule has 2 rings (SSSR count). The molecule has 0 saturated carbocycles. The van der Waals surface area contributed by atoms with Crippen LogP contribution >= 0.6 is 0 Å². The second kappa shape index (κ2) is 7.73. The number of benzene rings is 2. The standard InChI is InChI=1S/C19H23NO4/c1-12-9-13(2)18(14(3)10-12)20-17(21)11-24-16-8-6-7-15(22-4)19(16)23-5/h6-10H,11H2,1-5H3,(H,20,21). The van der Waals surface area contributed by atoms with Crippen LogP contribution < -0.4 is 19.5 Å². The summed E-state index contributed by atoms with van der Waals surface area (Å²) in [5, 5.41) is 2.91. The van der Waals surface area contributed by atoms with Crippen LogP contribution in [0.1, 0.15) is 16.7 Å². The number of hydrogen-bond acceptors (Lipinski definition) is 4. The fourth-order valence-electron chi connectivity index (χ4n) is 2.67. The molecule has 1 N–H and O–H groups in total. The van der Waals surface area contributed by atoms with Crippen molar-refractivity contribution in [3.8, 4) is 17.2 Å². The van der Waals surface area contributed by atoms with Crippen molar-refractivity contribution in [2.24, 2.45) is 0 Å². The zero-order valence-electron chi connectivity index (χ0n) is 14.7. The first kappa shape index (κ1) is 17.7. The molecule has 0 heterocycles. The van der Waals surface area contributed by atoms with Gasteiger partial charge < -0.3 is 19.5 Å². The van der Waals surface area contributed by atoms with E-state index in [1.165, 1.54) is 12.7 Å². The Balaban J connectivity index is 2.07. The smallest absolute Gasteiger partial charge is 0.262 e. The number of amides is 1. The van der Waals surface area contributed by atoms with Crippen LogP contribution in [0.4, 0.5) is 5.69 Å². The van der Waals surface area contributed by atoms with Gasteiger partial charge >= 0.3 is 0 Å². The van der Waals surface area contributed by atoms with E-state index in [0.717, 1.165) is 16.8 Å². The summed E-state index contributed by atoms with van der Waals surface area (Å²) in [5.41, 5.74) is 4.05. The summed E-state index contributed by atoms with van der Waals surface area (Å²) in [6, 6.07) is 9.35. The number of aryl methyl sites for hydroxylation is 3. The molecule has 24 heavy (non-hydrogen) atoms. The van der Waals surface area contributed by atoms with Crippen LogP contribution in [0, 0.1) is 20.8 Å². The third-order valence-corrected chi connectivity index (χ3v) is 3.67. The Morgan fingerprint density at radius 3 is 2.21 bits per heavy atom. The Morgan fingerprint density at radius 1 is 1.00 bits per heavy atom. The van der Waals surface area contributed by atoms with Crippen molar-refractivity contribution in [3.63, 3.8) is 0 Å². The first-order valence-electron chi connectivity index (χ1n) is 7.67. The van der Waals surface area contributed by atoms with E-state index >= 15 is 0 Å². The van der Waals surface area contributed by atoms with E-state index in [1.54, 1.807) is 25.3 Å². The maximum Gasteiger partial charge on any atom is 0.262 e. The quantitative estimate of drug-likeness (QED) is 0.879. The molecule has 0 radical (unpaired) electrons. The monoisotopic (exact) mass is 329 g/mol.